The van der Waals surface area contributed by atoms with Gasteiger partial charge in [-0.15, -0.1) is 0 Å². The van der Waals surface area contributed by atoms with Crippen molar-refractivity contribution in [3.63, 3.8) is 0 Å². The third-order valence-electron chi connectivity index (χ3n) is 8.17. The van der Waals surface area contributed by atoms with Crippen molar-refractivity contribution in [1.82, 2.24) is 0 Å². The number of ketones is 1. The molecular weight excluding hydrogens is 320 g/mol. The van der Waals surface area contributed by atoms with Crippen molar-refractivity contribution in [3.05, 3.63) is 22.8 Å². The van der Waals surface area contributed by atoms with Gasteiger partial charge in [0.15, 0.2) is 0 Å². The van der Waals surface area contributed by atoms with Gasteiger partial charge < -0.3 is 5.11 Å². The first-order valence-corrected chi connectivity index (χ1v) is 9.93. The zero-order chi connectivity index (χ0) is 17.3. The van der Waals surface area contributed by atoms with Gasteiger partial charge in [-0.25, -0.2) is 0 Å². The van der Waals surface area contributed by atoms with Crippen LogP contribution in [0.3, 0.4) is 0 Å². The highest BCUT2D eigenvalue weighted by Gasteiger charge is 2.59. The molecule has 24 heavy (non-hydrogen) atoms. The fourth-order valence-electron chi connectivity index (χ4n) is 6.88. The predicted molar refractivity (Wildman–Crippen MR) is 96.6 cm³/mol. The summed E-state index contributed by atoms with van der Waals surface area (Å²) in [6.07, 6.45) is 10.3. The molecule has 4 rings (SSSR count). The van der Waals surface area contributed by atoms with Crippen molar-refractivity contribution in [2.24, 2.45) is 34.5 Å². The van der Waals surface area contributed by atoms with Gasteiger partial charge in [-0.05, 0) is 79.6 Å². The average Bonchev–Trinajstić information content (AvgIpc) is 2.87. The van der Waals surface area contributed by atoms with E-state index in [2.05, 4.69) is 19.9 Å². The molecule has 2 nitrogen and oxygen atoms in total. The highest BCUT2D eigenvalue weighted by molar-refractivity contribution is 6.32. The Morgan fingerprint density at radius 1 is 1.12 bits per heavy atom. The molecule has 2 saturated carbocycles. The first-order chi connectivity index (χ1) is 11.3. The van der Waals surface area contributed by atoms with Gasteiger partial charge in [-0.1, -0.05) is 37.6 Å². The van der Waals surface area contributed by atoms with E-state index in [9.17, 15) is 9.90 Å². The zero-order valence-electron chi connectivity index (χ0n) is 15.0. The van der Waals surface area contributed by atoms with Crippen molar-refractivity contribution >= 4 is 17.4 Å². The van der Waals surface area contributed by atoms with Crippen molar-refractivity contribution < 1.29 is 9.90 Å². The normalized spacial score (nSPS) is 50.3. The molecule has 0 heterocycles. The molecule has 0 saturated heterocycles. The van der Waals surface area contributed by atoms with Crippen LogP contribution in [-0.4, -0.2) is 17.0 Å². The maximum Gasteiger partial charge on any atom is 0.133 e. The lowest BCUT2D eigenvalue weighted by Gasteiger charge is -2.56. The Labute approximate surface area is 150 Å². The number of carbonyl (C=O) groups excluding carboxylic acids is 1. The summed E-state index contributed by atoms with van der Waals surface area (Å²) in [7, 11) is 0. The standard InChI is InChI=1S/C21H29ClO2/c1-12(23)15-4-5-16-14-11-19(22)18-10-13(24)6-8-21(18,3)17(14)7-9-20(15,16)2/h10-11,13-17,24H,4-9H2,1-3H3. The SMILES string of the molecule is CC(=O)C1CCC2C3C=C(Cl)C4=CC(O)CCC4(C)C3CCC12C. The van der Waals surface area contributed by atoms with E-state index in [0.29, 0.717) is 23.5 Å². The minimum Gasteiger partial charge on any atom is -0.389 e. The van der Waals surface area contributed by atoms with E-state index in [1.165, 1.54) is 12.0 Å². The number of allylic oxidation sites excluding steroid dienone is 3. The van der Waals surface area contributed by atoms with Crippen LogP contribution >= 0.6 is 11.6 Å². The van der Waals surface area contributed by atoms with Gasteiger partial charge in [-0.2, -0.15) is 0 Å². The molecule has 4 aliphatic carbocycles. The molecule has 0 bridgehead atoms. The lowest BCUT2D eigenvalue weighted by Crippen LogP contribution is -2.50. The number of fused-ring (bicyclic) bond motifs is 5. The van der Waals surface area contributed by atoms with Gasteiger partial charge in [0.05, 0.1) is 6.10 Å². The molecule has 1 N–H and O–H groups in total. The van der Waals surface area contributed by atoms with Crippen LogP contribution in [0.1, 0.15) is 59.3 Å². The number of hydrogen-bond donors (Lipinski definition) is 1. The molecule has 0 aromatic carbocycles. The van der Waals surface area contributed by atoms with Gasteiger partial charge in [0.1, 0.15) is 5.78 Å². The molecule has 0 aliphatic heterocycles. The van der Waals surface area contributed by atoms with E-state index < -0.39 is 0 Å². The van der Waals surface area contributed by atoms with Crippen LogP contribution in [0.25, 0.3) is 0 Å². The lowest BCUT2D eigenvalue weighted by atomic mass is 9.48. The van der Waals surface area contributed by atoms with Gasteiger partial charge in [0, 0.05) is 11.0 Å². The van der Waals surface area contributed by atoms with Gasteiger partial charge in [0.25, 0.3) is 0 Å². The fourth-order valence-corrected chi connectivity index (χ4v) is 7.31. The molecule has 0 aromatic rings. The number of carbonyl (C=O) groups is 1. The van der Waals surface area contributed by atoms with E-state index >= 15 is 0 Å². The van der Waals surface area contributed by atoms with Crippen LogP contribution in [0.15, 0.2) is 22.8 Å². The van der Waals surface area contributed by atoms with Crippen LogP contribution in [0, 0.1) is 34.5 Å². The molecule has 0 spiro atoms. The largest absolute Gasteiger partial charge is 0.389 e. The van der Waals surface area contributed by atoms with Crippen molar-refractivity contribution in [2.45, 2.75) is 65.4 Å². The Morgan fingerprint density at radius 2 is 1.88 bits per heavy atom. The Morgan fingerprint density at radius 3 is 2.58 bits per heavy atom. The molecule has 7 atom stereocenters. The second-order valence-corrected chi connectivity index (χ2v) is 9.60. The minimum absolute atomic E-state index is 0.0887. The molecule has 0 amide bonds. The number of aliphatic hydroxyl groups is 1. The van der Waals surface area contributed by atoms with Crippen LogP contribution < -0.4 is 0 Å². The zero-order valence-corrected chi connectivity index (χ0v) is 15.8. The quantitative estimate of drug-likeness (QED) is 0.734. The Balaban J connectivity index is 1.76. The Bertz CT molecular complexity index is 636. The van der Waals surface area contributed by atoms with Crippen molar-refractivity contribution in [2.75, 3.05) is 0 Å². The maximum atomic E-state index is 12.2. The smallest absolute Gasteiger partial charge is 0.133 e. The number of hydrogen-bond acceptors (Lipinski definition) is 2. The van der Waals surface area contributed by atoms with E-state index in [1.54, 1.807) is 6.92 Å². The second-order valence-electron chi connectivity index (χ2n) is 9.19. The summed E-state index contributed by atoms with van der Waals surface area (Å²) >= 11 is 6.71. The monoisotopic (exact) mass is 348 g/mol. The van der Waals surface area contributed by atoms with Gasteiger partial charge >= 0.3 is 0 Å². The van der Waals surface area contributed by atoms with Gasteiger partial charge in [-0.3, -0.25) is 4.79 Å². The summed E-state index contributed by atoms with van der Waals surface area (Å²) in [5, 5.41) is 10.9. The fraction of sp³-hybridized carbons (Fsp3) is 0.762. The molecular formula is C21H29ClO2. The van der Waals surface area contributed by atoms with Crippen LogP contribution in [0.5, 0.6) is 0 Å². The highest BCUT2D eigenvalue weighted by Crippen LogP contribution is 2.66. The minimum atomic E-state index is -0.353. The Kier molecular flexibility index (Phi) is 3.82. The van der Waals surface area contributed by atoms with E-state index in [-0.39, 0.29) is 22.9 Å². The molecule has 2 fully saturated rings. The predicted octanol–water partition coefficient (Wildman–Crippen LogP) is 4.86. The first kappa shape index (κ1) is 16.8. The lowest BCUT2D eigenvalue weighted by molar-refractivity contribution is -0.126. The molecule has 0 aromatic heterocycles. The van der Waals surface area contributed by atoms with E-state index in [0.717, 1.165) is 37.1 Å². The van der Waals surface area contributed by atoms with Crippen LogP contribution in [0.2, 0.25) is 0 Å². The number of halogens is 1. The number of aliphatic hydroxyl groups excluding tert-OH is 1. The van der Waals surface area contributed by atoms with Crippen LogP contribution in [-0.2, 0) is 4.79 Å². The summed E-state index contributed by atoms with van der Waals surface area (Å²) in [4.78, 5) is 12.2. The number of Topliss-reactive ketones (excluding diaryl/α,β-unsaturated/α-hetero) is 1. The first-order valence-electron chi connectivity index (χ1n) is 9.56. The Hall–Kier alpha value is -0.600. The van der Waals surface area contributed by atoms with E-state index in [1.807, 2.05) is 6.08 Å². The highest BCUT2D eigenvalue weighted by atomic mass is 35.5. The van der Waals surface area contributed by atoms with E-state index in [4.69, 9.17) is 11.6 Å². The second kappa shape index (κ2) is 5.45. The summed E-state index contributed by atoms with van der Waals surface area (Å²) in [5.41, 5.74) is 1.41. The van der Waals surface area contributed by atoms with Crippen LogP contribution in [0.4, 0.5) is 0 Å². The van der Waals surface area contributed by atoms with Crippen molar-refractivity contribution in [1.29, 1.82) is 0 Å². The summed E-state index contributed by atoms with van der Waals surface area (Å²) in [5.74, 6) is 2.26. The molecule has 3 heteroatoms. The molecule has 132 valence electrons. The number of rotatable bonds is 1. The summed E-state index contributed by atoms with van der Waals surface area (Å²) in [6, 6.07) is 0. The average molecular weight is 349 g/mol. The topological polar surface area (TPSA) is 37.3 Å². The van der Waals surface area contributed by atoms with Crippen molar-refractivity contribution in [3.8, 4) is 0 Å². The summed E-state index contributed by atoms with van der Waals surface area (Å²) < 4.78 is 0. The molecule has 4 aliphatic rings. The third kappa shape index (κ3) is 2.15. The third-order valence-corrected chi connectivity index (χ3v) is 8.50. The molecule has 7 unspecified atom stereocenters. The molecule has 0 radical (unpaired) electrons. The van der Waals surface area contributed by atoms with Gasteiger partial charge in [0.2, 0.25) is 0 Å². The maximum absolute atomic E-state index is 12.2. The summed E-state index contributed by atoms with van der Waals surface area (Å²) in [6.45, 7) is 6.49.